The number of thiazole rings is 1. The molecular formula is C10H10N4OS. The molecule has 0 unspecified atom stereocenters. The van der Waals surface area contributed by atoms with Crippen LogP contribution in [0.1, 0.15) is 16.6 Å². The van der Waals surface area contributed by atoms with E-state index in [0.717, 1.165) is 5.56 Å². The topological polar surface area (TPSA) is 67.8 Å². The number of Topliss-reactive ketones (excluding diaryl/α,β-unsaturated/α-hetero) is 1. The molecule has 0 amide bonds. The van der Waals surface area contributed by atoms with Gasteiger partial charge in [-0.2, -0.15) is 0 Å². The number of aromatic nitrogens is 3. The SMILES string of the molecule is CNc1nc(-c2cncnc2)c(C(C)=O)s1. The van der Waals surface area contributed by atoms with Gasteiger partial charge in [0, 0.05) is 31.9 Å². The summed E-state index contributed by atoms with van der Waals surface area (Å²) in [5.74, 6) is -0.00199. The number of carbonyl (C=O) groups excluding carboxylic acids is 1. The van der Waals surface area contributed by atoms with Crippen LogP contribution in [0.2, 0.25) is 0 Å². The summed E-state index contributed by atoms with van der Waals surface area (Å²) in [6, 6.07) is 0. The van der Waals surface area contributed by atoms with Crippen LogP contribution in [0.4, 0.5) is 5.13 Å². The summed E-state index contributed by atoms with van der Waals surface area (Å²) < 4.78 is 0. The van der Waals surface area contributed by atoms with Crippen molar-refractivity contribution in [2.24, 2.45) is 0 Å². The Balaban J connectivity index is 2.55. The second-order valence-electron chi connectivity index (χ2n) is 3.13. The monoisotopic (exact) mass is 234 g/mol. The highest BCUT2D eigenvalue weighted by molar-refractivity contribution is 7.18. The molecule has 2 rings (SSSR count). The third kappa shape index (κ3) is 1.92. The van der Waals surface area contributed by atoms with Gasteiger partial charge in [-0.25, -0.2) is 15.0 Å². The molecule has 5 nitrogen and oxygen atoms in total. The van der Waals surface area contributed by atoms with Gasteiger partial charge >= 0.3 is 0 Å². The minimum Gasteiger partial charge on any atom is -0.365 e. The number of hydrogen-bond donors (Lipinski definition) is 1. The van der Waals surface area contributed by atoms with E-state index in [0.29, 0.717) is 15.7 Å². The first-order valence-electron chi connectivity index (χ1n) is 4.67. The second-order valence-corrected chi connectivity index (χ2v) is 4.13. The predicted octanol–water partition coefficient (Wildman–Crippen LogP) is 1.84. The molecule has 0 aliphatic rings. The van der Waals surface area contributed by atoms with Crippen LogP contribution >= 0.6 is 11.3 Å². The summed E-state index contributed by atoms with van der Waals surface area (Å²) >= 11 is 1.34. The third-order valence-electron chi connectivity index (χ3n) is 1.99. The Morgan fingerprint density at radius 1 is 1.38 bits per heavy atom. The van der Waals surface area contributed by atoms with Gasteiger partial charge in [-0.3, -0.25) is 4.79 Å². The van der Waals surface area contributed by atoms with Crippen LogP contribution in [0.3, 0.4) is 0 Å². The molecule has 82 valence electrons. The van der Waals surface area contributed by atoms with Gasteiger partial charge in [0.25, 0.3) is 0 Å². The third-order valence-corrected chi connectivity index (χ3v) is 3.17. The van der Waals surface area contributed by atoms with Crippen LogP contribution in [-0.4, -0.2) is 27.8 Å². The first-order valence-corrected chi connectivity index (χ1v) is 5.49. The highest BCUT2D eigenvalue weighted by atomic mass is 32.1. The summed E-state index contributed by atoms with van der Waals surface area (Å²) in [5, 5.41) is 3.64. The van der Waals surface area contributed by atoms with Crippen molar-refractivity contribution in [3.05, 3.63) is 23.6 Å². The Morgan fingerprint density at radius 2 is 2.06 bits per heavy atom. The number of ketones is 1. The molecule has 0 saturated heterocycles. The lowest BCUT2D eigenvalue weighted by Gasteiger charge is -1.96. The maximum Gasteiger partial charge on any atom is 0.183 e. The minimum absolute atomic E-state index is 0.00199. The van der Waals surface area contributed by atoms with Crippen molar-refractivity contribution < 1.29 is 4.79 Å². The Hall–Kier alpha value is -1.82. The lowest BCUT2D eigenvalue weighted by Crippen LogP contribution is -1.92. The van der Waals surface area contributed by atoms with Gasteiger partial charge in [0.2, 0.25) is 0 Å². The maximum absolute atomic E-state index is 11.5. The zero-order valence-corrected chi connectivity index (χ0v) is 9.71. The van der Waals surface area contributed by atoms with Crippen LogP contribution in [0, 0.1) is 0 Å². The lowest BCUT2D eigenvalue weighted by atomic mass is 10.2. The fourth-order valence-electron chi connectivity index (χ4n) is 1.28. The molecule has 0 aliphatic carbocycles. The molecule has 0 fully saturated rings. The van der Waals surface area contributed by atoms with Crippen LogP contribution in [0.25, 0.3) is 11.3 Å². The Labute approximate surface area is 96.6 Å². The first-order chi connectivity index (χ1) is 7.72. The van der Waals surface area contributed by atoms with Crippen molar-refractivity contribution in [2.45, 2.75) is 6.92 Å². The molecule has 16 heavy (non-hydrogen) atoms. The van der Waals surface area contributed by atoms with E-state index >= 15 is 0 Å². The number of nitrogens with zero attached hydrogens (tertiary/aromatic N) is 3. The van der Waals surface area contributed by atoms with E-state index in [1.54, 1.807) is 19.4 Å². The molecule has 0 atom stereocenters. The van der Waals surface area contributed by atoms with Crippen molar-refractivity contribution in [3.63, 3.8) is 0 Å². The fourth-order valence-corrected chi connectivity index (χ4v) is 2.12. The molecule has 0 bridgehead atoms. The van der Waals surface area contributed by atoms with Crippen LogP contribution in [0.15, 0.2) is 18.7 Å². The second kappa shape index (κ2) is 4.36. The summed E-state index contributed by atoms with van der Waals surface area (Å²) in [5.41, 5.74) is 1.40. The standard InChI is InChI=1S/C10H10N4OS/c1-6(15)9-8(14-10(11-2)16-9)7-3-12-5-13-4-7/h3-5H,1-2H3,(H,11,14). The van der Waals surface area contributed by atoms with Crippen molar-refractivity contribution in [3.8, 4) is 11.3 Å². The van der Waals surface area contributed by atoms with Crippen molar-refractivity contribution in [1.82, 2.24) is 15.0 Å². The van der Waals surface area contributed by atoms with Crippen molar-refractivity contribution in [1.29, 1.82) is 0 Å². The molecule has 2 aromatic rings. The number of anilines is 1. The molecular weight excluding hydrogens is 224 g/mol. The van der Waals surface area contributed by atoms with Crippen molar-refractivity contribution >= 4 is 22.3 Å². The maximum atomic E-state index is 11.5. The molecule has 0 aromatic carbocycles. The van der Waals surface area contributed by atoms with Gasteiger partial charge in [0.1, 0.15) is 6.33 Å². The molecule has 2 heterocycles. The zero-order valence-electron chi connectivity index (χ0n) is 8.89. The van der Waals surface area contributed by atoms with Gasteiger partial charge < -0.3 is 5.32 Å². The predicted molar refractivity (Wildman–Crippen MR) is 62.7 cm³/mol. The smallest absolute Gasteiger partial charge is 0.183 e. The lowest BCUT2D eigenvalue weighted by molar-refractivity contribution is 0.102. The van der Waals surface area contributed by atoms with Gasteiger partial charge in [-0.05, 0) is 0 Å². The zero-order chi connectivity index (χ0) is 11.5. The Kier molecular flexibility index (Phi) is 2.91. The van der Waals surface area contributed by atoms with Crippen LogP contribution in [-0.2, 0) is 0 Å². The summed E-state index contributed by atoms with van der Waals surface area (Å²) in [6.45, 7) is 1.53. The molecule has 6 heteroatoms. The molecule has 0 radical (unpaired) electrons. The largest absolute Gasteiger partial charge is 0.365 e. The normalized spacial score (nSPS) is 10.1. The molecule has 2 aromatic heterocycles. The summed E-state index contributed by atoms with van der Waals surface area (Å²) in [7, 11) is 1.77. The summed E-state index contributed by atoms with van der Waals surface area (Å²) in [4.78, 5) is 24.3. The van der Waals surface area contributed by atoms with Gasteiger partial charge in [-0.15, -0.1) is 0 Å². The minimum atomic E-state index is -0.00199. The highest BCUT2D eigenvalue weighted by Crippen LogP contribution is 2.30. The van der Waals surface area contributed by atoms with E-state index in [1.807, 2.05) is 0 Å². The number of rotatable bonds is 3. The molecule has 0 spiro atoms. The van der Waals surface area contributed by atoms with Crippen LogP contribution in [0.5, 0.6) is 0 Å². The van der Waals surface area contributed by atoms with Crippen molar-refractivity contribution in [2.75, 3.05) is 12.4 Å². The molecule has 1 N–H and O–H groups in total. The number of nitrogens with one attached hydrogen (secondary N) is 1. The van der Waals surface area contributed by atoms with E-state index in [4.69, 9.17) is 0 Å². The summed E-state index contributed by atoms with van der Waals surface area (Å²) in [6.07, 6.45) is 4.74. The van der Waals surface area contributed by atoms with E-state index in [-0.39, 0.29) is 5.78 Å². The Bertz CT molecular complexity index is 509. The average molecular weight is 234 g/mol. The Morgan fingerprint density at radius 3 is 2.62 bits per heavy atom. The van der Waals surface area contributed by atoms with E-state index in [2.05, 4.69) is 20.3 Å². The number of hydrogen-bond acceptors (Lipinski definition) is 6. The van der Waals surface area contributed by atoms with E-state index in [1.165, 1.54) is 24.6 Å². The van der Waals surface area contributed by atoms with Crippen LogP contribution < -0.4 is 5.32 Å². The van der Waals surface area contributed by atoms with Gasteiger partial charge in [0.05, 0.1) is 10.6 Å². The molecule has 0 saturated carbocycles. The fraction of sp³-hybridized carbons (Fsp3) is 0.200. The number of carbonyl (C=O) groups is 1. The quantitative estimate of drug-likeness (QED) is 0.821. The first kappa shape index (κ1) is 10.7. The molecule has 0 aliphatic heterocycles. The van der Waals surface area contributed by atoms with Gasteiger partial charge in [0.15, 0.2) is 10.9 Å². The average Bonchev–Trinajstić information content (AvgIpc) is 2.74. The van der Waals surface area contributed by atoms with E-state index in [9.17, 15) is 4.79 Å². The highest BCUT2D eigenvalue weighted by Gasteiger charge is 2.16. The van der Waals surface area contributed by atoms with Gasteiger partial charge in [-0.1, -0.05) is 11.3 Å². The van der Waals surface area contributed by atoms with E-state index < -0.39 is 0 Å².